The molecule has 5 rings (SSSR count). The average Bonchev–Trinajstić information content (AvgIpc) is 3.26. The molecule has 1 aromatic carbocycles. The number of cyclic esters (lactones) is 1. The number of allylic oxidation sites excluding steroid dienone is 1. The third-order valence-electron chi connectivity index (χ3n) is 8.82. The van der Waals surface area contributed by atoms with Crippen molar-refractivity contribution in [1.29, 1.82) is 0 Å². The molecule has 6 atom stereocenters. The van der Waals surface area contributed by atoms with Crippen molar-refractivity contribution in [3.05, 3.63) is 60.2 Å². The van der Waals surface area contributed by atoms with E-state index in [1.54, 1.807) is 4.90 Å². The summed E-state index contributed by atoms with van der Waals surface area (Å²) < 4.78 is 12.7. The predicted octanol–water partition coefficient (Wildman–Crippen LogP) is 3.56. The first kappa shape index (κ1) is 27.6. The summed E-state index contributed by atoms with van der Waals surface area (Å²) in [6, 6.07) is 7.38. The number of aliphatic hydroxyl groups is 1. The highest BCUT2D eigenvalue weighted by Crippen LogP contribution is 2.59. The highest BCUT2D eigenvalue weighted by Gasteiger charge is 2.76. The third kappa shape index (κ3) is 4.32. The fourth-order valence-corrected chi connectivity index (χ4v) is 6.95. The monoisotopic (exact) mass is 536 g/mol. The maximum atomic E-state index is 14.6. The molecule has 0 bridgehead atoms. The van der Waals surface area contributed by atoms with Gasteiger partial charge in [0.05, 0.1) is 25.2 Å². The van der Waals surface area contributed by atoms with E-state index in [0.717, 1.165) is 19.3 Å². The standard InChI is InChI=1S/C31H40N2O6/c1-5-30-16-11-6-7-12-19-38-28(37)24(30)23-26(35)33(22(20-34)21-14-9-8-10-15-21)25-27(36)32(29(2,3)4)18-13-17-31(23,25)39-30/h8-11,13-17,22-25,34H,5-7,12,18-20H2,1-4H3/b16-11-/t22-,23+,24+,25?,30-,31+/m1/s1. The zero-order valence-electron chi connectivity index (χ0n) is 23.3. The van der Waals surface area contributed by atoms with Crippen molar-refractivity contribution < 1.29 is 29.0 Å². The number of amides is 2. The molecule has 4 heterocycles. The Bertz CT molecular complexity index is 1170. The van der Waals surface area contributed by atoms with Crippen molar-refractivity contribution in [2.75, 3.05) is 19.8 Å². The summed E-state index contributed by atoms with van der Waals surface area (Å²) in [7, 11) is 0. The zero-order valence-corrected chi connectivity index (χ0v) is 23.3. The van der Waals surface area contributed by atoms with Gasteiger partial charge in [0.25, 0.3) is 0 Å². The summed E-state index contributed by atoms with van der Waals surface area (Å²) in [5.74, 6) is -3.01. The number of carbonyl (C=O) groups excluding carboxylic acids is 3. The van der Waals surface area contributed by atoms with Crippen LogP contribution in [-0.2, 0) is 23.9 Å². The van der Waals surface area contributed by atoms with Crippen molar-refractivity contribution in [3.63, 3.8) is 0 Å². The van der Waals surface area contributed by atoms with E-state index in [-0.39, 0.29) is 25.0 Å². The number of carbonyl (C=O) groups is 3. The molecule has 0 aromatic heterocycles. The summed E-state index contributed by atoms with van der Waals surface area (Å²) >= 11 is 0. The summed E-state index contributed by atoms with van der Waals surface area (Å²) in [6.45, 7) is 8.06. The second kappa shape index (κ2) is 10.2. The van der Waals surface area contributed by atoms with E-state index in [0.29, 0.717) is 18.5 Å². The first-order valence-corrected chi connectivity index (χ1v) is 14.1. The van der Waals surface area contributed by atoms with Crippen molar-refractivity contribution in [3.8, 4) is 0 Å². The molecule has 8 nitrogen and oxygen atoms in total. The fraction of sp³-hybridized carbons (Fsp3) is 0.581. The second-order valence-electron chi connectivity index (χ2n) is 12.1. The molecule has 210 valence electrons. The van der Waals surface area contributed by atoms with Gasteiger partial charge in [0.1, 0.15) is 23.2 Å². The van der Waals surface area contributed by atoms with E-state index in [4.69, 9.17) is 9.47 Å². The van der Waals surface area contributed by atoms with E-state index in [9.17, 15) is 19.5 Å². The van der Waals surface area contributed by atoms with Crippen LogP contribution in [0, 0.1) is 11.8 Å². The average molecular weight is 537 g/mol. The lowest BCUT2D eigenvalue weighted by molar-refractivity contribution is -0.164. The Labute approximate surface area is 230 Å². The van der Waals surface area contributed by atoms with Crippen LogP contribution in [0.15, 0.2) is 54.6 Å². The minimum absolute atomic E-state index is 0.259. The van der Waals surface area contributed by atoms with Crippen LogP contribution in [0.25, 0.3) is 0 Å². The fourth-order valence-electron chi connectivity index (χ4n) is 6.95. The highest BCUT2D eigenvalue weighted by atomic mass is 16.6. The van der Waals surface area contributed by atoms with Crippen LogP contribution in [-0.4, -0.2) is 75.2 Å². The number of fused-ring (bicyclic) bond motifs is 2. The number of esters is 1. The number of likely N-dealkylation sites (tertiary alicyclic amines) is 1. The highest BCUT2D eigenvalue weighted by molar-refractivity contribution is 5.99. The molecule has 2 saturated heterocycles. The largest absolute Gasteiger partial charge is 0.465 e. The lowest BCUT2D eigenvalue weighted by Gasteiger charge is -2.43. The lowest BCUT2D eigenvalue weighted by atomic mass is 9.73. The molecule has 8 heteroatoms. The van der Waals surface area contributed by atoms with Gasteiger partial charge in [0.2, 0.25) is 11.8 Å². The molecule has 4 aliphatic heterocycles. The van der Waals surface area contributed by atoms with Crippen LogP contribution in [0.5, 0.6) is 0 Å². The Morgan fingerprint density at radius 2 is 1.77 bits per heavy atom. The Hall–Kier alpha value is -2.97. The molecule has 1 aromatic rings. The Morgan fingerprint density at radius 3 is 2.44 bits per heavy atom. The summed E-state index contributed by atoms with van der Waals surface area (Å²) in [5, 5.41) is 10.6. The predicted molar refractivity (Wildman–Crippen MR) is 145 cm³/mol. The quantitative estimate of drug-likeness (QED) is 0.467. The molecule has 0 saturated carbocycles. The van der Waals surface area contributed by atoms with E-state index >= 15 is 0 Å². The SMILES string of the molecule is CC[C@@]12/C=C\CCCCOC(=O)[C@@H]1[C@H]1C(=O)N([C@H](CO)c3ccccc3)C3C(=O)N(C(C)(C)C)CC=C[C@@]31O2. The molecule has 1 spiro atoms. The van der Waals surface area contributed by atoms with Crippen molar-refractivity contribution >= 4 is 17.8 Å². The second-order valence-corrected chi connectivity index (χ2v) is 12.1. The maximum Gasteiger partial charge on any atom is 0.313 e. The van der Waals surface area contributed by atoms with Crippen LogP contribution in [0.3, 0.4) is 0 Å². The van der Waals surface area contributed by atoms with Crippen LogP contribution in [0.2, 0.25) is 0 Å². The molecule has 2 fully saturated rings. The van der Waals surface area contributed by atoms with E-state index in [2.05, 4.69) is 0 Å². The van der Waals surface area contributed by atoms with Crippen LogP contribution >= 0.6 is 0 Å². The summed E-state index contributed by atoms with van der Waals surface area (Å²) in [5.41, 5.74) is -2.31. The number of rotatable bonds is 4. The van der Waals surface area contributed by atoms with Gasteiger partial charge in [-0.2, -0.15) is 0 Å². The normalized spacial score (nSPS) is 34.6. The summed E-state index contributed by atoms with van der Waals surface area (Å²) in [4.78, 5) is 46.2. The van der Waals surface area contributed by atoms with Crippen LogP contribution in [0.1, 0.15) is 65.0 Å². The van der Waals surface area contributed by atoms with Gasteiger partial charge >= 0.3 is 5.97 Å². The third-order valence-corrected chi connectivity index (χ3v) is 8.82. The van der Waals surface area contributed by atoms with Gasteiger partial charge in [-0.25, -0.2) is 0 Å². The number of aliphatic hydroxyl groups excluding tert-OH is 1. The molecule has 2 amide bonds. The molecular weight excluding hydrogens is 496 g/mol. The first-order valence-electron chi connectivity index (χ1n) is 14.1. The van der Waals surface area contributed by atoms with Crippen LogP contribution < -0.4 is 0 Å². The molecule has 1 N–H and O–H groups in total. The number of hydrogen-bond donors (Lipinski definition) is 1. The van der Waals surface area contributed by atoms with Gasteiger partial charge < -0.3 is 24.4 Å². The smallest absolute Gasteiger partial charge is 0.313 e. The van der Waals surface area contributed by atoms with Gasteiger partial charge in [-0.15, -0.1) is 0 Å². The van der Waals surface area contributed by atoms with Crippen molar-refractivity contribution in [1.82, 2.24) is 9.80 Å². The molecule has 1 unspecified atom stereocenters. The van der Waals surface area contributed by atoms with E-state index in [1.807, 2.05) is 82.3 Å². The number of ether oxygens (including phenoxy) is 2. The zero-order chi connectivity index (χ0) is 28.0. The number of hydrogen-bond acceptors (Lipinski definition) is 6. The Morgan fingerprint density at radius 1 is 1.03 bits per heavy atom. The molecule has 39 heavy (non-hydrogen) atoms. The maximum absolute atomic E-state index is 14.6. The molecule has 0 radical (unpaired) electrons. The van der Waals surface area contributed by atoms with Crippen molar-refractivity contribution in [2.45, 2.75) is 82.2 Å². The molecule has 4 aliphatic rings. The first-order chi connectivity index (χ1) is 18.6. The molecule has 0 aliphatic carbocycles. The lowest BCUT2D eigenvalue weighted by Crippen LogP contribution is -2.59. The van der Waals surface area contributed by atoms with E-state index in [1.165, 1.54) is 4.90 Å². The van der Waals surface area contributed by atoms with Gasteiger partial charge in [0.15, 0.2) is 0 Å². The number of benzene rings is 1. The van der Waals surface area contributed by atoms with Crippen molar-refractivity contribution in [2.24, 2.45) is 11.8 Å². The van der Waals surface area contributed by atoms with Gasteiger partial charge in [-0.3, -0.25) is 14.4 Å². The van der Waals surface area contributed by atoms with Gasteiger partial charge in [-0.05, 0) is 52.0 Å². The minimum atomic E-state index is -1.39. The topological polar surface area (TPSA) is 96.4 Å². The number of nitrogens with zero attached hydrogens (tertiary/aromatic N) is 2. The summed E-state index contributed by atoms with van der Waals surface area (Å²) in [6.07, 6.45) is 10.6. The van der Waals surface area contributed by atoms with Gasteiger partial charge in [-0.1, -0.05) is 61.6 Å². The van der Waals surface area contributed by atoms with Gasteiger partial charge in [0, 0.05) is 12.1 Å². The Balaban J connectivity index is 1.73. The van der Waals surface area contributed by atoms with Crippen LogP contribution in [0.4, 0.5) is 0 Å². The van der Waals surface area contributed by atoms with E-state index < -0.39 is 46.6 Å². The Kier molecular flexibility index (Phi) is 7.22. The minimum Gasteiger partial charge on any atom is -0.465 e. The molecular formula is C31H40N2O6.